The van der Waals surface area contributed by atoms with Gasteiger partial charge < -0.3 is 10.1 Å². The van der Waals surface area contributed by atoms with Gasteiger partial charge in [0.2, 0.25) is 0 Å². The lowest BCUT2D eigenvalue weighted by Gasteiger charge is -2.14. The normalized spacial score (nSPS) is 10.7. The van der Waals surface area contributed by atoms with Crippen LogP contribution in [0.2, 0.25) is 0 Å². The number of para-hydroxylation sites is 1. The molecule has 0 saturated carbocycles. The van der Waals surface area contributed by atoms with Gasteiger partial charge in [0.05, 0.1) is 4.47 Å². The van der Waals surface area contributed by atoms with Crippen LogP contribution < -0.4 is 10.1 Å². The Morgan fingerprint density at radius 3 is 2.67 bits per heavy atom. The summed E-state index contributed by atoms with van der Waals surface area (Å²) in [5, 5.41) is 3.24. The molecule has 21 heavy (non-hydrogen) atoms. The predicted molar refractivity (Wildman–Crippen MR) is 82.2 cm³/mol. The molecular formula is C16H16BrF2NO. The lowest BCUT2D eigenvalue weighted by atomic mass is 10.2. The average molecular weight is 356 g/mol. The van der Waals surface area contributed by atoms with Gasteiger partial charge in [0, 0.05) is 12.1 Å². The highest BCUT2D eigenvalue weighted by atomic mass is 79.9. The summed E-state index contributed by atoms with van der Waals surface area (Å²) in [5.41, 5.74) is 1.59. The molecule has 0 amide bonds. The van der Waals surface area contributed by atoms with E-state index in [-0.39, 0.29) is 6.61 Å². The average Bonchev–Trinajstić information content (AvgIpc) is 2.47. The maximum absolute atomic E-state index is 13.2. The molecule has 2 rings (SSSR count). The van der Waals surface area contributed by atoms with Crippen LogP contribution in [0.3, 0.4) is 0 Å². The van der Waals surface area contributed by atoms with Gasteiger partial charge in [-0.3, -0.25) is 0 Å². The van der Waals surface area contributed by atoms with Gasteiger partial charge in [-0.05, 0) is 46.2 Å². The molecule has 1 N–H and O–H groups in total. The highest BCUT2D eigenvalue weighted by Gasteiger charge is 2.09. The fourth-order valence-corrected chi connectivity index (χ4v) is 2.42. The maximum Gasteiger partial charge on any atom is 0.159 e. The van der Waals surface area contributed by atoms with Crippen molar-refractivity contribution < 1.29 is 13.5 Å². The summed E-state index contributed by atoms with van der Waals surface area (Å²) < 4.78 is 32.7. The number of hydrogen-bond acceptors (Lipinski definition) is 2. The molecule has 5 heteroatoms. The zero-order valence-corrected chi connectivity index (χ0v) is 13.2. The fourth-order valence-electron chi connectivity index (χ4n) is 1.90. The molecule has 0 unspecified atom stereocenters. The van der Waals surface area contributed by atoms with Crippen molar-refractivity contribution in [2.24, 2.45) is 0 Å². The van der Waals surface area contributed by atoms with Crippen molar-refractivity contribution in [3.8, 4) is 5.75 Å². The Hall–Kier alpha value is -1.46. The summed E-state index contributed by atoms with van der Waals surface area (Å²) in [6, 6.07) is 9.55. The summed E-state index contributed by atoms with van der Waals surface area (Å²) in [6.07, 6.45) is 0. The van der Waals surface area contributed by atoms with Gasteiger partial charge in [0.1, 0.15) is 12.4 Å². The number of ether oxygens (including phenoxy) is 1. The van der Waals surface area contributed by atoms with Crippen LogP contribution in [0.25, 0.3) is 0 Å². The molecule has 112 valence electrons. The van der Waals surface area contributed by atoms with Gasteiger partial charge in [-0.15, -0.1) is 0 Å². The minimum absolute atomic E-state index is 0.180. The molecule has 0 bridgehead atoms. The molecule has 0 heterocycles. The molecule has 0 aromatic heterocycles. The standard InChI is InChI=1S/C16H16BrF2NO/c1-2-20-9-12-4-3-5-13(17)16(12)21-10-11-6-7-14(18)15(19)8-11/h3-8,20H,2,9-10H2,1H3. The van der Waals surface area contributed by atoms with E-state index in [0.29, 0.717) is 17.9 Å². The molecule has 0 radical (unpaired) electrons. The number of halogens is 3. The molecular weight excluding hydrogens is 340 g/mol. The fraction of sp³-hybridized carbons (Fsp3) is 0.250. The Morgan fingerprint density at radius 1 is 1.14 bits per heavy atom. The Kier molecular flexibility index (Phi) is 5.70. The first-order valence-corrected chi connectivity index (χ1v) is 7.46. The van der Waals surface area contributed by atoms with Gasteiger partial charge in [-0.1, -0.05) is 25.1 Å². The number of benzene rings is 2. The van der Waals surface area contributed by atoms with Crippen molar-refractivity contribution in [1.82, 2.24) is 5.32 Å². The molecule has 0 saturated heterocycles. The first-order chi connectivity index (χ1) is 10.1. The van der Waals surface area contributed by atoms with Gasteiger partial charge in [0.25, 0.3) is 0 Å². The van der Waals surface area contributed by atoms with E-state index < -0.39 is 11.6 Å². The molecule has 0 spiro atoms. The molecule has 0 aliphatic rings. The summed E-state index contributed by atoms with van der Waals surface area (Å²) in [4.78, 5) is 0. The zero-order chi connectivity index (χ0) is 15.2. The molecule has 0 aliphatic carbocycles. The molecule has 0 aliphatic heterocycles. The van der Waals surface area contributed by atoms with Crippen LogP contribution in [0.1, 0.15) is 18.1 Å². The van der Waals surface area contributed by atoms with Crippen molar-refractivity contribution in [2.75, 3.05) is 6.54 Å². The van der Waals surface area contributed by atoms with E-state index in [2.05, 4.69) is 21.2 Å². The van der Waals surface area contributed by atoms with E-state index in [0.717, 1.165) is 28.7 Å². The summed E-state index contributed by atoms with van der Waals surface area (Å²) in [7, 11) is 0. The minimum atomic E-state index is -0.865. The van der Waals surface area contributed by atoms with E-state index >= 15 is 0 Å². The minimum Gasteiger partial charge on any atom is -0.487 e. The third-order valence-electron chi connectivity index (χ3n) is 2.98. The Labute approximate surface area is 131 Å². The second kappa shape index (κ2) is 7.52. The predicted octanol–water partition coefficient (Wildman–Crippen LogP) is 4.42. The Bertz CT molecular complexity index is 619. The monoisotopic (exact) mass is 355 g/mol. The van der Waals surface area contributed by atoms with Crippen LogP contribution in [0, 0.1) is 11.6 Å². The largest absolute Gasteiger partial charge is 0.487 e. The second-order valence-corrected chi connectivity index (χ2v) is 5.40. The highest BCUT2D eigenvalue weighted by Crippen LogP contribution is 2.30. The lowest BCUT2D eigenvalue weighted by Crippen LogP contribution is -2.13. The first-order valence-electron chi connectivity index (χ1n) is 6.66. The van der Waals surface area contributed by atoms with Crippen LogP contribution in [-0.4, -0.2) is 6.54 Å². The molecule has 0 fully saturated rings. The molecule has 2 aromatic carbocycles. The van der Waals surface area contributed by atoms with E-state index in [1.807, 2.05) is 25.1 Å². The van der Waals surface area contributed by atoms with E-state index in [4.69, 9.17) is 4.74 Å². The van der Waals surface area contributed by atoms with Crippen LogP contribution >= 0.6 is 15.9 Å². The first kappa shape index (κ1) is 15.9. The Morgan fingerprint density at radius 2 is 1.95 bits per heavy atom. The molecule has 2 nitrogen and oxygen atoms in total. The number of nitrogens with one attached hydrogen (secondary N) is 1. The van der Waals surface area contributed by atoms with E-state index in [1.54, 1.807) is 0 Å². The van der Waals surface area contributed by atoms with Crippen LogP contribution in [0.15, 0.2) is 40.9 Å². The smallest absolute Gasteiger partial charge is 0.159 e. The summed E-state index contributed by atoms with van der Waals surface area (Å²) in [6.45, 7) is 3.75. The molecule has 0 atom stereocenters. The SMILES string of the molecule is CCNCc1cccc(Br)c1OCc1ccc(F)c(F)c1. The summed E-state index contributed by atoms with van der Waals surface area (Å²) in [5.74, 6) is -1.01. The van der Waals surface area contributed by atoms with Gasteiger partial charge >= 0.3 is 0 Å². The van der Waals surface area contributed by atoms with Crippen molar-refractivity contribution >= 4 is 15.9 Å². The lowest BCUT2D eigenvalue weighted by molar-refractivity contribution is 0.299. The van der Waals surface area contributed by atoms with Crippen LogP contribution in [0.4, 0.5) is 8.78 Å². The van der Waals surface area contributed by atoms with E-state index in [1.165, 1.54) is 6.07 Å². The van der Waals surface area contributed by atoms with Gasteiger partial charge in [-0.2, -0.15) is 0 Å². The third kappa shape index (κ3) is 4.25. The zero-order valence-electron chi connectivity index (χ0n) is 11.6. The van der Waals surface area contributed by atoms with Gasteiger partial charge in [0.15, 0.2) is 11.6 Å². The number of hydrogen-bond donors (Lipinski definition) is 1. The highest BCUT2D eigenvalue weighted by molar-refractivity contribution is 9.10. The van der Waals surface area contributed by atoms with Crippen molar-refractivity contribution in [2.45, 2.75) is 20.1 Å². The molecule has 2 aromatic rings. The van der Waals surface area contributed by atoms with Crippen molar-refractivity contribution in [1.29, 1.82) is 0 Å². The van der Waals surface area contributed by atoms with E-state index in [9.17, 15) is 8.78 Å². The van der Waals surface area contributed by atoms with Crippen LogP contribution in [-0.2, 0) is 13.2 Å². The van der Waals surface area contributed by atoms with Gasteiger partial charge in [-0.25, -0.2) is 8.78 Å². The third-order valence-corrected chi connectivity index (χ3v) is 3.61. The van der Waals surface area contributed by atoms with Crippen molar-refractivity contribution in [3.63, 3.8) is 0 Å². The topological polar surface area (TPSA) is 21.3 Å². The number of rotatable bonds is 6. The quantitative estimate of drug-likeness (QED) is 0.828. The Balaban J connectivity index is 2.13. The second-order valence-electron chi connectivity index (χ2n) is 4.55. The maximum atomic E-state index is 13.2. The van der Waals surface area contributed by atoms with Crippen molar-refractivity contribution in [3.05, 3.63) is 63.6 Å². The van der Waals surface area contributed by atoms with Crippen LogP contribution in [0.5, 0.6) is 5.75 Å². The summed E-state index contributed by atoms with van der Waals surface area (Å²) >= 11 is 3.45.